The van der Waals surface area contributed by atoms with Gasteiger partial charge < -0.3 is 5.11 Å². The first kappa shape index (κ1) is 6.92. The quantitative estimate of drug-likeness (QED) is 0.506. The number of carbonyl (C=O) groups excluding carboxylic acids is 2. The molecule has 54 valence electrons. The van der Waals surface area contributed by atoms with Crippen LogP contribution in [0.3, 0.4) is 0 Å². The topological polar surface area (TPSA) is 71.4 Å². The number of hydrogen-bond acceptors (Lipinski definition) is 3. The molecule has 0 aliphatic heterocycles. The molecule has 4 heteroatoms. The van der Waals surface area contributed by atoms with E-state index in [1.807, 2.05) is 0 Å². The first-order valence-corrected chi connectivity index (χ1v) is 2.88. The van der Waals surface area contributed by atoms with Crippen LogP contribution in [0.25, 0.3) is 0 Å². The second-order valence-electron chi connectivity index (χ2n) is 2.28. The van der Waals surface area contributed by atoms with Crippen molar-refractivity contribution in [2.75, 3.05) is 0 Å². The van der Waals surface area contributed by atoms with Crippen molar-refractivity contribution in [3.05, 3.63) is 0 Å². The molecule has 0 saturated heterocycles. The lowest BCUT2D eigenvalue weighted by Crippen LogP contribution is -2.17. The fraction of sp³-hybridized carbons (Fsp3) is 0.500. The number of carboxylic acids is 1. The lowest BCUT2D eigenvalue weighted by molar-refractivity contribution is -0.145. The summed E-state index contributed by atoms with van der Waals surface area (Å²) in [6.45, 7) is 0. The molecule has 1 aliphatic rings. The van der Waals surface area contributed by atoms with Crippen molar-refractivity contribution in [2.24, 2.45) is 5.92 Å². The molecular weight excluding hydrogens is 136 g/mol. The molecule has 0 aromatic rings. The number of ketones is 2. The van der Waals surface area contributed by atoms with Crippen LogP contribution in [-0.4, -0.2) is 22.6 Å². The van der Waals surface area contributed by atoms with E-state index in [2.05, 4.69) is 0 Å². The van der Waals surface area contributed by atoms with Crippen LogP contribution in [0.5, 0.6) is 0 Å². The molecular formula is C6H6O4. The van der Waals surface area contributed by atoms with E-state index in [1.54, 1.807) is 0 Å². The van der Waals surface area contributed by atoms with Gasteiger partial charge in [-0.1, -0.05) is 0 Å². The molecule has 0 spiro atoms. The predicted octanol–water partition coefficient (Wildman–Crippen LogP) is -0.381. The molecule has 0 radical (unpaired) electrons. The Morgan fingerprint density at radius 1 is 1.50 bits per heavy atom. The van der Waals surface area contributed by atoms with E-state index in [0.717, 1.165) is 0 Å². The summed E-state index contributed by atoms with van der Waals surface area (Å²) in [5, 5.41) is 8.33. The largest absolute Gasteiger partial charge is 0.481 e. The normalized spacial score (nSPS) is 25.4. The fourth-order valence-electron chi connectivity index (χ4n) is 0.956. The van der Waals surface area contributed by atoms with Crippen LogP contribution in [0, 0.1) is 5.92 Å². The summed E-state index contributed by atoms with van der Waals surface area (Å²) in [6, 6.07) is 0. The summed E-state index contributed by atoms with van der Waals surface area (Å²) in [6.07, 6.45) is -0.314. The van der Waals surface area contributed by atoms with Gasteiger partial charge in [0.2, 0.25) is 0 Å². The number of rotatable bonds is 1. The molecule has 1 saturated carbocycles. The minimum Gasteiger partial charge on any atom is -0.481 e. The van der Waals surface area contributed by atoms with Crippen molar-refractivity contribution in [2.45, 2.75) is 12.8 Å². The molecule has 1 unspecified atom stereocenters. The lowest BCUT2D eigenvalue weighted by Gasteiger charge is -1.95. The maximum Gasteiger partial charge on any atom is 0.314 e. The average molecular weight is 142 g/mol. The molecule has 0 bridgehead atoms. The zero-order valence-corrected chi connectivity index (χ0v) is 5.16. The van der Waals surface area contributed by atoms with Gasteiger partial charge in [0.05, 0.1) is 6.42 Å². The van der Waals surface area contributed by atoms with Gasteiger partial charge in [-0.25, -0.2) is 0 Å². The first-order valence-electron chi connectivity index (χ1n) is 2.88. The van der Waals surface area contributed by atoms with E-state index in [4.69, 9.17) is 5.11 Å². The SMILES string of the molecule is O=C1CC(=O)C(C(=O)O)C1. The average Bonchev–Trinajstić information content (AvgIpc) is 2.10. The Bertz CT molecular complexity index is 206. The summed E-state index contributed by atoms with van der Waals surface area (Å²) in [5.41, 5.74) is 0. The van der Waals surface area contributed by atoms with Gasteiger partial charge in [0.1, 0.15) is 11.7 Å². The van der Waals surface area contributed by atoms with Crippen molar-refractivity contribution >= 4 is 17.5 Å². The third-order valence-electron chi connectivity index (χ3n) is 1.49. The highest BCUT2D eigenvalue weighted by molar-refractivity contribution is 6.14. The predicted molar refractivity (Wildman–Crippen MR) is 30.4 cm³/mol. The standard InChI is InChI=1S/C6H6O4/c7-3-1-4(6(9)10)5(8)2-3/h4H,1-2H2,(H,9,10). The second kappa shape index (κ2) is 2.21. The molecule has 10 heavy (non-hydrogen) atoms. The minimum absolute atomic E-state index is 0.117. The zero-order chi connectivity index (χ0) is 7.72. The Balaban J connectivity index is 2.72. The fourth-order valence-corrected chi connectivity index (χ4v) is 0.956. The van der Waals surface area contributed by atoms with Crippen LogP contribution in [-0.2, 0) is 14.4 Å². The van der Waals surface area contributed by atoms with Gasteiger partial charge in [0.15, 0.2) is 5.78 Å². The number of Topliss-reactive ketones (excluding diaryl/α,β-unsaturated/α-hetero) is 2. The molecule has 0 amide bonds. The molecule has 1 atom stereocenters. The van der Waals surface area contributed by atoms with Crippen molar-refractivity contribution in [1.82, 2.24) is 0 Å². The van der Waals surface area contributed by atoms with E-state index in [0.29, 0.717) is 0 Å². The Morgan fingerprint density at radius 2 is 2.10 bits per heavy atom. The number of carboxylic acid groups (broad SMARTS) is 1. The third kappa shape index (κ3) is 1.05. The molecule has 1 N–H and O–H groups in total. The molecule has 1 fully saturated rings. The van der Waals surface area contributed by atoms with Crippen LogP contribution in [0.15, 0.2) is 0 Å². The van der Waals surface area contributed by atoms with Crippen molar-refractivity contribution in [3.8, 4) is 0 Å². The van der Waals surface area contributed by atoms with Crippen molar-refractivity contribution in [1.29, 1.82) is 0 Å². The first-order chi connectivity index (χ1) is 4.61. The maximum atomic E-state index is 10.6. The van der Waals surface area contributed by atoms with Gasteiger partial charge in [-0.15, -0.1) is 0 Å². The van der Waals surface area contributed by atoms with Crippen LogP contribution < -0.4 is 0 Å². The van der Waals surface area contributed by atoms with Gasteiger partial charge in [0, 0.05) is 6.42 Å². The Hall–Kier alpha value is -1.19. The van der Waals surface area contributed by atoms with Crippen LogP contribution >= 0.6 is 0 Å². The van der Waals surface area contributed by atoms with E-state index >= 15 is 0 Å². The van der Waals surface area contributed by atoms with E-state index in [-0.39, 0.29) is 18.6 Å². The monoisotopic (exact) mass is 142 g/mol. The highest BCUT2D eigenvalue weighted by Crippen LogP contribution is 2.17. The summed E-state index contributed by atoms with van der Waals surface area (Å²) in [7, 11) is 0. The highest BCUT2D eigenvalue weighted by atomic mass is 16.4. The van der Waals surface area contributed by atoms with Gasteiger partial charge in [-0.2, -0.15) is 0 Å². The van der Waals surface area contributed by atoms with Crippen molar-refractivity contribution < 1.29 is 19.5 Å². The maximum absolute atomic E-state index is 10.6. The van der Waals surface area contributed by atoms with E-state index in [9.17, 15) is 14.4 Å². The van der Waals surface area contributed by atoms with Crippen molar-refractivity contribution in [3.63, 3.8) is 0 Å². The smallest absolute Gasteiger partial charge is 0.314 e. The highest BCUT2D eigenvalue weighted by Gasteiger charge is 2.35. The Labute approximate surface area is 56.8 Å². The lowest BCUT2D eigenvalue weighted by atomic mass is 10.1. The number of aliphatic carboxylic acids is 1. The summed E-state index contributed by atoms with van der Waals surface area (Å²) < 4.78 is 0. The van der Waals surface area contributed by atoms with Gasteiger partial charge in [-0.05, 0) is 0 Å². The molecule has 1 rings (SSSR count). The Kier molecular flexibility index (Phi) is 1.53. The minimum atomic E-state index is -1.18. The van der Waals surface area contributed by atoms with Gasteiger partial charge in [0.25, 0.3) is 0 Å². The number of hydrogen-bond donors (Lipinski definition) is 1. The van der Waals surface area contributed by atoms with E-state index in [1.165, 1.54) is 0 Å². The molecule has 4 nitrogen and oxygen atoms in total. The van der Waals surface area contributed by atoms with Crippen LogP contribution in [0.1, 0.15) is 12.8 Å². The molecule has 0 aromatic heterocycles. The van der Waals surface area contributed by atoms with Gasteiger partial charge in [-0.3, -0.25) is 14.4 Å². The van der Waals surface area contributed by atoms with Gasteiger partial charge >= 0.3 is 5.97 Å². The van der Waals surface area contributed by atoms with Crippen LogP contribution in [0.4, 0.5) is 0 Å². The Morgan fingerprint density at radius 3 is 2.30 bits per heavy atom. The van der Waals surface area contributed by atoms with E-state index < -0.39 is 17.7 Å². The summed E-state index contributed by atoms with van der Waals surface area (Å²) in [5.74, 6) is -2.97. The zero-order valence-electron chi connectivity index (χ0n) is 5.16. The van der Waals surface area contributed by atoms with Crippen LogP contribution in [0.2, 0.25) is 0 Å². The third-order valence-corrected chi connectivity index (χ3v) is 1.49. The number of carbonyl (C=O) groups is 3. The summed E-state index contributed by atoms with van der Waals surface area (Å²) in [4.78, 5) is 31.3. The summed E-state index contributed by atoms with van der Waals surface area (Å²) >= 11 is 0. The molecule has 1 aliphatic carbocycles. The second-order valence-corrected chi connectivity index (χ2v) is 2.28. The molecule has 0 aromatic carbocycles. The molecule has 0 heterocycles.